The van der Waals surface area contributed by atoms with Gasteiger partial charge in [-0.2, -0.15) is 13.2 Å². The van der Waals surface area contributed by atoms with Crippen molar-refractivity contribution in [3.63, 3.8) is 0 Å². The third-order valence-corrected chi connectivity index (χ3v) is 3.48. The minimum Gasteiger partial charge on any atom is -0.344 e. The normalized spacial score (nSPS) is 23.2. The van der Waals surface area contributed by atoms with Crippen molar-refractivity contribution in [2.24, 2.45) is 5.41 Å². The fourth-order valence-corrected chi connectivity index (χ4v) is 1.79. The molecule has 1 atom stereocenters. The van der Waals surface area contributed by atoms with E-state index >= 15 is 0 Å². The highest BCUT2D eigenvalue weighted by Crippen LogP contribution is 2.31. The van der Waals surface area contributed by atoms with Gasteiger partial charge < -0.3 is 10.2 Å². The van der Waals surface area contributed by atoms with Crippen LogP contribution < -0.4 is 5.32 Å². The van der Waals surface area contributed by atoms with Crippen LogP contribution in [0.15, 0.2) is 0 Å². The quantitative estimate of drug-likeness (QED) is 0.812. The Kier molecular flexibility index (Phi) is 4.06. The molecule has 1 unspecified atom stereocenters. The van der Waals surface area contributed by atoms with Gasteiger partial charge in [0.1, 0.15) is 6.04 Å². The van der Waals surface area contributed by atoms with Gasteiger partial charge in [-0.25, -0.2) is 0 Å². The van der Waals surface area contributed by atoms with Crippen LogP contribution in [-0.4, -0.2) is 43.2 Å². The molecule has 17 heavy (non-hydrogen) atoms. The molecule has 0 aliphatic carbocycles. The van der Waals surface area contributed by atoms with Crippen molar-refractivity contribution in [2.75, 3.05) is 20.1 Å². The molecule has 0 spiro atoms. The molecule has 0 radical (unpaired) electrons. The van der Waals surface area contributed by atoms with Gasteiger partial charge in [-0.15, -0.1) is 0 Å². The lowest BCUT2D eigenvalue weighted by Crippen LogP contribution is -2.51. The van der Waals surface area contributed by atoms with Crippen LogP contribution >= 0.6 is 0 Å². The standard InChI is InChI=1S/C11H19F3N2O/c1-8(11(12,13)14)15-9(17)10(2)4-6-16(3)7-5-10/h8H,4-7H2,1-3H3,(H,15,17). The summed E-state index contributed by atoms with van der Waals surface area (Å²) in [6, 6.07) is -1.79. The Morgan fingerprint density at radius 2 is 1.82 bits per heavy atom. The summed E-state index contributed by atoms with van der Waals surface area (Å²) >= 11 is 0. The van der Waals surface area contributed by atoms with Gasteiger partial charge in [0.25, 0.3) is 0 Å². The van der Waals surface area contributed by atoms with E-state index < -0.39 is 23.5 Å². The van der Waals surface area contributed by atoms with E-state index in [2.05, 4.69) is 10.2 Å². The van der Waals surface area contributed by atoms with Gasteiger partial charge in [-0.05, 0) is 39.9 Å². The molecule has 1 aliphatic heterocycles. The monoisotopic (exact) mass is 252 g/mol. The van der Waals surface area contributed by atoms with E-state index in [-0.39, 0.29) is 0 Å². The molecule has 3 nitrogen and oxygen atoms in total. The Balaban J connectivity index is 2.58. The van der Waals surface area contributed by atoms with E-state index in [1.165, 1.54) is 0 Å². The van der Waals surface area contributed by atoms with E-state index in [0.29, 0.717) is 12.8 Å². The van der Waals surface area contributed by atoms with Crippen LogP contribution in [0.4, 0.5) is 13.2 Å². The predicted octanol–water partition coefficient (Wildman–Crippen LogP) is 1.79. The summed E-state index contributed by atoms with van der Waals surface area (Å²) in [6.45, 7) is 4.18. The molecule has 1 heterocycles. The smallest absolute Gasteiger partial charge is 0.344 e. The van der Waals surface area contributed by atoms with Gasteiger partial charge in [0.15, 0.2) is 0 Å². The molecule has 1 amide bonds. The van der Waals surface area contributed by atoms with Crippen LogP contribution in [0.5, 0.6) is 0 Å². The summed E-state index contributed by atoms with van der Waals surface area (Å²) in [5.41, 5.74) is -0.675. The lowest BCUT2D eigenvalue weighted by Gasteiger charge is -2.37. The van der Waals surface area contributed by atoms with E-state index in [1.54, 1.807) is 6.92 Å². The molecule has 0 bridgehead atoms. The van der Waals surface area contributed by atoms with Crippen LogP contribution in [0, 0.1) is 5.41 Å². The molecule has 0 aromatic heterocycles. The zero-order chi connectivity index (χ0) is 13.3. The Morgan fingerprint density at radius 1 is 1.35 bits per heavy atom. The second kappa shape index (κ2) is 4.84. The number of piperidine rings is 1. The van der Waals surface area contributed by atoms with E-state index in [0.717, 1.165) is 20.0 Å². The molecule has 100 valence electrons. The minimum atomic E-state index is -4.38. The fraction of sp³-hybridized carbons (Fsp3) is 0.909. The summed E-state index contributed by atoms with van der Waals surface area (Å²) < 4.78 is 37.0. The van der Waals surface area contributed by atoms with Crippen LogP contribution in [0.1, 0.15) is 26.7 Å². The maximum atomic E-state index is 12.3. The van der Waals surface area contributed by atoms with Crippen LogP contribution in [-0.2, 0) is 4.79 Å². The zero-order valence-electron chi connectivity index (χ0n) is 10.4. The van der Waals surface area contributed by atoms with Gasteiger partial charge in [-0.3, -0.25) is 4.79 Å². The highest BCUT2D eigenvalue weighted by atomic mass is 19.4. The summed E-state index contributed by atoms with van der Waals surface area (Å²) in [6.07, 6.45) is -3.18. The topological polar surface area (TPSA) is 32.3 Å². The number of nitrogens with one attached hydrogen (secondary N) is 1. The van der Waals surface area contributed by atoms with E-state index in [1.807, 2.05) is 7.05 Å². The molecule has 1 fully saturated rings. The molecule has 6 heteroatoms. The average Bonchev–Trinajstić information content (AvgIpc) is 2.21. The molecule has 1 saturated heterocycles. The van der Waals surface area contributed by atoms with E-state index in [4.69, 9.17) is 0 Å². The molecule has 0 aromatic rings. The maximum Gasteiger partial charge on any atom is 0.408 e. The van der Waals surface area contributed by atoms with Crippen molar-refractivity contribution in [1.29, 1.82) is 0 Å². The van der Waals surface area contributed by atoms with Crippen molar-refractivity contribution < 1.29 is 18.0 Å². The number of amides is 1. The van der Waals surface area contributed by atoms with Crippen LogP contribution in [0.2, 0.25) is 0 Å². The SMILES string of the molecule is CC(NC(=O)C1(C)CCN(C)CC1)C(F)(F)F. The fourth-order valence-electron chi connectivity index (χ4n) is 1.79. The van der Waals surface area contributed by atoms with Gasteiger partial charge >= 0.3 is 6.18 Å². The van der Waals surface area contributed by atoms with Gasteiger partial charge in [0.05, 0.1) is 0 Å². The molecule has 1 N–H and O–H groups in total. The second-order valence-corrected chi connectivity index (χ2v) is 5.10. The minimum absolute atomic E-state index is 0.490. The largest absolute Gasteiger partial charge is 0.408 e. The summed E-state index contributed by atoms with van der Waals surface area (Å²) in [7, 11) is 1.94. The van der Waals surface area contributed by atoms with Gasteiger partial charge in [0, 0.05) is 5.41 Å². The van der Waals surface area contributed by atoms with Crippen molar-refractivity contribution in [1.82, 2.24) is 10.2 Å². The van der Waals surface area contributed by atoms with Crippen molar-refractivity contribution in [3.05, 3.63) is 0 Å². The molecular formula is C11H19F3N2O. The third-order valence-electron chi connectivity index (χ3n) is 3.48. The first-order chi connectivity index (χ1) is 7.65. The van der Waals surface area contributed by atoms with Crippen LogP contribution in [0.3, 0.4) is 0 Å². The summed E-state index contributed by atoms with van der Waals surface area (Å²) in [5, 5.41) is 2.06. The third kappa shape index (κ3) is 3.59. The number of nitrogens with zero attached hydrogens (tertiary/aromatic N) is 1. The Bertz CT molecular complexity index is 283. The lowest BCUT2D eigenvalue weighted by atomic mass is 9.79. The average molecular weight is 252 g/mol. The molecule has 1 aliphatic rings. The second-order valence-electron chi connectivity index (χ2n) is 5.10. The number of carbonyl (C=O) groups is 1. The summed E-state index contributed by atoms with van der Waals surface area (Å²) in [5.74, 6) is -0.490. The van der Waals surface area contributed by atoms with Crippen molar-refractivity contribution in [2.45, 2.75) is 38.9 Å². The molecule has 0 saturated carbocycles. The van der Waals surface area contributed by atoms with Gasteiger partial charge in [0.2, 0.25) is 5.91 Å². The summed E-state index contributed by atoms with van der Waals surface area (Å²) in [4.78, 5) is 13.9. The number of hydrogen-bond acceptors (Lipinski definition) is 2. The Morgan fingerprint density at radius 3 is 2.24 bits per heavy atom. The predicted molar refractivity (Wildman–Crippen MR) is 58.5 cm³/mol. The number of rotatable bonds is 2. The Hall–Kier alpha value is -0.780. The number of hydrogen-bond donors (Lipinski definition) is 1. The Labute approximate surface area is 99.4 Å². The van der Waals surface area contributed by atoms with E-state index in [9.17, 15) is 18.0 Å². The first-order valence-electron chi connectivity index (χ1n) is 5.71. The zero-order valence-corrected chi connectivity index (χ0v) is 10.4. The van der Waals surface area contributed by atoms with Crippen LogP contribution in [0.25, 0.3) is 0 Å². The number of alkyl halides is 3. The maximum absolute atomic E-state index is 12.3. The number of likely N-dealkylation sites (tertiary alicyclic amines) is 1. The van der Waals surface area contributed by atoms with Crippen molar-refractivity contribution >= 4 is 5.91 Å². The highest BCUT2D eigenvalue weighted by Gasteiger charge is 2.42. The molecule has 1 rings (SSSR count). The highest BCUT2D eigenvalue weighted by molar-refractivity contribution is 5.82. The molecule has 0 aromatic carbocycles. The number of halogens is 3. The lowest BCUT2D eigenvalue weighted by molar-refractivity contribution is -0.162. The first-order valence-corrected chi connectivity index (χ1v) is 5.71. The molecular weight excluding hydrogens is 233 g/mol. The van der Waals surface area contributed by atoms with Gasteiger partial charge in [-0.1, -0.05) is 6.92 Å². The number of carbonyl (C=O) groups excluding carboxylic acids is 1. The first kappa shape index (κ1) is 14.3. The van der Waals surface area contributed by atoms with Crippen molar-refractivity contribution in [3.8, 4) is 0 Å².